The number of aldehydes is 1. The van der Waals surface area contributed by atoms with Crippen LogP contribution in [-0.4, -0.2) is 98.1 Å². The summed E-state index contributed by atoms with van der Waals surface area (Å²) in [4.78, 5) is 41.0. The fourth-order valence-corrected chi connectivity index (χ4v) is 6.35. The van der Waals surface area contributed by atoms with Gasteiger partial charge in [-0.15, -0.1) is 0 Å². The van der Waals surface area contributed by atoms with Crippen molar-refractivity contribution in [1.29, 1.82) is 0 Å². The van der Waals surface area contributed by atoms with Gasteiger partial charge in [-0.1, -0.05) is 12.1 Å². The Bertz CT molecular complexity index is 1610. The molecule has 2 aliphatic heterocycles. The zero-order chi connectivity index (χ0) is 31.0. The maximum atomic E-state index is 14.3. The number of aliphatic hydroxyl groups is 2. The number of nitrogens with one attached hydrogen (secondary N) is 1. The lowest BCUT2D eigenvalue weighted by Gasteiger charge is -2.41. The molecule has 0 saturated carbocycles. The van der Waals surface area contributed by atoms with Gasteiger partial charge in [0, 0.05) is 41.8 Å². The zero-order valence-electron chi connectivity index (χ0n) is 24.4. The van der Waals surface area contributed by atoms with E-state index in [0.717, 1.165) is 6.42 Å². The van der Waals surface area contributed by atoms with Gasteiger partial charge in [0.15, 0.2) is 28.6 Å². The minimum Gasteiger partial charge on any atom is -0.493 e. The van der Waals surface area contributed by atoms with Crippen molar-refractivity contribution in [2.45, 2.75) is 43.1 Å². The molecule has 3 aliphatic rings. The van der Waals surface area contributed by atoms with Gasteiger partial charge in [-0.05, 0) is 43.2 Å². The van der Waals surface area contributed by atoms with Crippen molar-refractivity contribution in [3.63, 3.8) is 0 Å². The summed E-state index contributed by atoms with van der Waals surface area (Å²) in [7, 11) is 2.95. The molecule has 0 spiro atoms. The van der Waals surface area contributed by atoms with Gasteiger partial charge in [0.2, 0.25) is 5.91 Å². The number of furan rings is 1. The van der Waals surface area contributed by atoms with Gasteiger partial charge in [-0.2, -0.15) is 0 Å². The molecule has 232 valence electrons. The van der Waals surface area contributed by atoms with Gasteiger partial charge >= 0.3 is 0 Å². The summed E-state index contributed by atoms with van der Waals surface area (Å²) in [5, 5.41) is 24.6. The fraction of sp³-hybridized carbons (Fsp3) is 0.406. The Hall–Kier alpha value is -4.39. The first-order valence-corrected chi connectivity index (χ1v) is 14.5. The number of carbonyl (C=O) groups is 3. The van der Waals surface area contributed by atoms with Crippen molar-refractivity contribution in [2.75, 3.05) is 40.5 Å². The molecule has 1 aliphatic carbocycles. The predicted molar refractivity (Wildman–Crippen MR) is 156 cm³/mol. The molecule has 3 aromatic rings. The maximum absolute atomic E-state index is 14.3. The van der Waals surface area contributed by atoms with E-state index in [1.807, 2.05) is 0 Å². The smallest absolute Gasteiger partial charge is 0.290 e. The topological polar surface area (TPSA) is 157 Å². The van der Waals surface area contributed by atoms with E-state index in [4.69, 9.17) is 23.4 Å². The van der Waals surface area contributed by atoms with Crippen LogP contribution in [0.25, 0.3) is 11.0 Å². The number of amides is 2. The molecule has 1 fully saturated rings. The van der Waals surface area contributed by atoms with Crippen LogP contribution in [0.1, 0.15) is 45.2 Å². The van der Waals surface area contributed by atoms with Crippen LogP contribution in [0.5, 0.6) is 17.2 Å². The number of benzene rings is 2. The van der Waals surface area contributed by atoms with E-state index in [9.17, 15) is 24.6 Å². The SMILES string of the molecule is COc1cc(C=O)cc2c1O[C@@H]1[C@@H](O)[C@H](N(C[C@H]3CCCO3)C(=O)c3cc4cccc(OC)c4o3)C=C(C(=O)NCCO)[C@H]21. The van der Waals surface area contributed by atoms with Crippen molar-refractivity contribution in [3.8, 4) is 17.2 Å². The molecule has 0 unspecified atom stereocenters. The molecule has 0 bridgehead atoms. The molecule has 0 radical (unpaired) electrons. The lowest BCUT2D eigenvalue weighted by molar-refractivity contribution is -0.118. The highest BCUT2D eigenvalue weighted by Crippen LogP contribution is 2.51. The molecule has 12 nitrogen and oxygen atoms in total. The van der Waals surface area contributed by atoms with E-state index >= 15 is 0 Å². The van der Waals surface area contributed by atoms with Gasteiger partial charge in [0.05, 0.1) is 38.9 Å². The van der Waals surface area contributed by atoms with E-state index in [1.54, 1.807) is 36.4 Å². The van der Waals surface area contributed by atoms with E-state index in [-0.39, 0.29) is 42.9 Å². The van der Waals surface area contributed by atoms with Crippen LogP contribution in [0.2, 0.25) is 0 Å². The summed E-state index contributed by atoms with van der Waals surface area (Å²) in [5.41, 5.74) is 1.44. The minimum atomic E-state index is -1.30. The van der Waals surface area contributed by atoms with Crippen molar-refractivity contribution >= 4 is 29.1 Å². The summed E-state index contributed by atoms with van der Waals surface area (Å²) < 4.78 is 29.0. The van der Waals surface area contributed by atoms with Crippen LogP contribution in [0, 0.1) is 0 Å². The fourth-order valence-electron chi connectivity index (χ4n) is 6.35. The predicted octanol–water partition coefficient (Wildman–Crippen LogP) is 2.21. The number of hydrogen-bond donors (Lipinski definition) is 3. The van der Waals surface area contributed by atoms with Gasteiger partial charge in [0.1, 0.15) is 18.5 Å². The number of rotatable bonds is 10. The molecule has 1 aromatic heterocycles. The number of fused-ring (bicyclic) bond motifs is 4. The van der Waals surface area contributed by atoms with Gasteiger partial charge in [0.25, 0.3) is 5.91 Å². The van der Waals surface area contributed by atoms with Crippen LogP contribution in [0.3, 0.4) is 0 Å². The second kappa shape index (κ2) is 12.3. The number of hydrogen-bond acceptors (Lipinski definition) is 10. The average Bonchev–Trinajstić information content (AvgIpc) is 3.81. The molecular formula is C32H34N2O10. The van der Waals surface area contributed by atoms with Crippen LogP contribution in [0.15, 0.2) is 52.5 Å². The third kappa shape index (κ3) is 5.18. The normalized spacial score (nSPS) is 23.7. The highest BCUT2D eigenvalue weighted by molar-refractivity contribution is 5.99. The second-order valence-electron chi connectivity index (χ2n) is 11.0. The average molecular weight is 607 g/mol. The van der Waals surface area contributed by atoms with Crippen molar-refractivity contribution < 1.29 is 48.0 Å². The molecule has 44 heavy (non-hydrogen) atoms. The maximum Gasteiger partial charge on any atom is 0.290 e. The third-order valence-corrected chi connectivity index (χ3v) is 8.39. The zero-order valence-corrected chi connectivity index (χ0v) is 24.4. The highest BCUT2D eigenvalue weighted by atomic mass is 16.5. The first kappa shape index (κ1) is 29.7. The van der Waals surface area contributed by atoms with Crippen LogP contribution in [-0.2, 0) is 9.53 Å². The molecule has 3 N–H and O–H groups in total. The number of nitrogens with zero attached hydrogens (tertiary/aromatic N) is 1. The monoisotopic (exact) mass is 606 g/mol. The Kier molecular flexibility index (Phi) is 8.30. The van der Waals surface area contributed by atoms with Crippen LogP contribution >= 0.6 is 0 Å². The standard InChI is InChI=1S/C32H34N2O10/c1-40-23-7-3-5-18-13-25(43-28(18)23)32(39)34(15-19-6-4-10-42-19)22-14-21(31(38)33-8-9-35)26-20-11-17(16-36)12-24(41-2)29(20)44-30(26)27(22)37/h3,5,7,11-14,16,19,22,26-27,30,35,37H,4,6,8-10,15H2,1-2H3,(H,33,38)/t19-,22-,26+,27+,30+/m1/s1. The largest absolute Gasteiger partial charge is 0.493 e. The van der Waals surface area contributed by atoms with Gasteiger partial charge in [-0.25, -0.2) is 0 Å². The van der Waals surface area contributed by atoms with Crippen molar-refractivity contribution in [2.24, 2.45) is 0 Å². The van der Waals surface area contributed by atoms with E-state index in [0.29, 0.717) is 52.9 Å². The van der Waals surface area contributed by atoms with E-state index in [1.165, 1.54) is 25.2 Å². The Balaban J connectivity index is 1.45. The highest BCUT2D eigenvalue weighted by Gasteiger charge is 2.52. The Labute approximate surface area is 253 Å². The van der Waals surface area contributed by atoms with Crippen LogP contribution in [0.4, 0.5) is 0 Å². The van der Waals surface area contributed by atoms with E-state index < -0.39 is 36.0 Å². The molecular weight excluding hydrogens is 572 g/mol. The number of para-hydroxylation sites is 1. The number of aliphatic hydroxyl groups excluding tert-OH is 2. The summed E-state index contributed by atoms with van der Waals surface area (Å²) in [5.74, 6) is -0.712. The van der Waals surface area contributed by atoms with Crippen LogP contribution < -0.4 is 19.5 Å². The first-order chi connectivity index (χ1) is 21.4. The molecule has 2 aromatic carbocycles. The minimum absolute atomic E-state index is 0.00836. The van der Waals surface area contributed by atoms with Crippen molar-refractivity contribution in [1.82, 2.24) is 10.2 Å². The van der Waals surface area contributed by atoms with Crippen molar-refractivity contribution in [3.05, 3.63) is 64.9 Å². The Morgan fingerprint density at radius 3 is 2.68 bits per heavy atom. The summed E-state index contributed by atoms with van der Waals surface area (Å²) in [6, 6.07) is 9.04. The Morgan fingerprint density at radius 1 is 1.16 bits per heavy atom. The molecule has 2 amide bonds. The second-order valence-corrected chi connectivity index (χ2v) is 11.0. The summed E-state index contributed by atoms with van der Waals surface area (Å²) >= 11 is 0. The third-order valence-electron chi connectivity index (χ3n) is 8.39. The number of methoxy groups -OCH3 is 2. The first-order valence-electron chi connectivity index (χ1n) is 14.5. The summed E-state index contributed by atoms with van der Waals surface area (Å²) in [6.45, 7) is 0.383. The number of carbonyl (C=O) groups excluding carboxylic acids is 3. The van der Waals surface area contributed by atoms with Gasteiger partial charge < -0.3 is 43.8 Å². The van der Waals surface area contributed by atoms with Gasteiger partial charge in [-0.3, -0.25) is 14.4 Å². The Morgan fingerprint density at radius 2 is 1.98 bits per heavy atom. The lowest BCUT2D eigenvalue weighted by atomic mass is 9.77. The molecule has 12 heteroatoms. The lowest BCUT2D eigenvalue weighted by Crippen LogP contribution is -2.57. The molecule has 3 heterocycles. The molecule has 1 saturated heterocycles. The van der Waals surface area contributed by atoms with E-state index in [2.05, 4.69) is 5.32 Å². The summed E-state index contributed by atoms with van der Waals surface area (Å²) in [6.07, 6.45) is 1.18. The molecule has 6 rings (SSSR count). The molecule has 5 atom stereocenters. The quantitative estimate of drug-likeness (QED) is 0.292. The number of ether oxygens (including phenoxy) is 4.